The van der Waals surface area contributed by atoms with Crippen molar-refractivity contribution in [2.45, 2.75) is 38.5 Å². The Balaban J connectivity index is 2.48. The Kier molecular flexibility index (Phi) is 3.66. The first kappa shape index (κ1) is 12.8. The fraction of sp³-hybridized carbons (Fsp3) is 1.00. The average molecular weight is 225 g/mol. The number of aliphatic hydroxyl groups is 1. The summed E-state index contributed by atoms with van der Waals surface area (Å²) in [7, 11) is 0. The van der Waals surface area contributed by atoms with Gasteiger partial charge < -0.3 is 10.0 Å². The lowest BCUT2D eigenvalue weighted by Crippen LogP contribution is -2.53. The third-order valence-corrected chi connectivity index (χ3v) is 2.83. The van der Waals surface area contributed by atoms with Gasteiger partial charge in [-0.15, -0.1) is 0 Å². The van der Waals surface area contributed by atoms with Gasteiger partial charge in [-0.25, -0.2) is 0 Å². The van der Waals surface area contributed by atoms with Crippen LogP contribution in [-0.2, 0) is 0 Å². The SMILES string of the molecule is CC(C)CN1CCC(O)(C(F)(F)F)CC1. The fourth-order valence-corrected chi connectivity index (χ4v) is 1.91. The van der Waals surface area contributed by atoms with E-state index in [0.717, 1.165) is 6.54 Å². The zero-order chi connectivity index (χ0) is 11.7. The Labute approximate surface area is 88.1 Å². The summed E-state index contributed by atoms with van der Waals surface area (Å²) < 4.78 is 37.3. The number of alkyl halides is 3. The van der Waals surface area contributed by atoms with Crippen LogP contribution in [0.15, 0.2) is 0 Å². The summed E-state index contributed by atoms with van der Waals surface area (Å²) in [5.74, 6) is 0.446. The Morgan fingerprint density at radius 1 is 1.27 bits per heavy atom. The van der Waals surface area contributed by atoms with Gasteiger partial charge in [-0.1, -0.05) is 13.8 Å². The molecule has 0 bridgehead atoms. The van der Waals surface area contributed by atoms with Crippen LogP contribution in [-0.4, -0.2) is 41.4 Å². The predicted octanol–water partition coefficient (Wildman–Crippen LogP) is 2.03. The Morgan fingerprint density at radius 2 is 1.73 bits per heavy atom. The normalized spacial score (nSPS) is 23.4. The second-order valence-corrected chi connectivity index (χ2v) is 4.72. The van der Waals surface area contributed by atoms with Crippen molar-refractivity contribution >= 4 is 0 Å². The Hall–Kier alpha value is -0.290. The maximum Gasteiger partial charge on any atom is 0.417 e. The molecule has 0 spiro atoms. The molecule has 0 atom stereocenters. The van der Waals surface area contributed by atoms with E-state index in [1.807, 2.05) is 18.7 Å². The molecule has 1 heterocycles. The minimum atomic E-state index is -4.49. The van der Waals surface area contributed by atoms with Gasteiger partial charge in [0, 0.05) is 19.6 Å². The standard InChI is InChI=1S/C10H18F3NO/c1-8(2)7-14-5-3-9(15,4-6-14)10(11,12)13/h8,15H,3-7H2,1-2H3. The molecule has 1 fully saturated rings. The van der Waals surface area contributed by atoms with E-state index in [1.54, 1.807) is 0 Å². The Bertz CT molecular complexity index is 207. The predicted molar refractivity (Wildman–Crippen MR) is 51.5 cm³/mol. The number of likely N-dealkylation sites (tertiary alicyclic amines) is 1. The van der Waals surface area contributed by atoms with Crippen molar-refractivity contribution in [3.63, 3.8) is 0 Å². The third kappa shape index (κ3) is 3.08. The molecule has 0 aromatic rings. The molecule has 15 heavy (non-hydrogen) atoms. The van der Waals surface area contributed by atoms with Crippen LogP contribution in [0.4, 0.5) is 13.2 Å². The molecule has 90 valence electrons. The van der Waals surface area contributed by atoms with Crippen LogP contribution < -0.4 is 0 Å². The van der Waals surface area contributed by atoms with Crippen molar-refractivity contribution in [3.8, 4) is 0 Å². The van der Waals surface area contributed by atoms with Crippen molar-refractivity contribution in [2.24, 2.45) is 5.92 Å². The number of nitrogens with zero attached hydrogens (tertiary/aromatic N) is 1. The minimum absolute atomic E-state index is 0.205. The van der Waals surface area contributed by atoms with Crippen LogP contribution in [0, 0.1) is 5.92 Å². The molecule has 0 radical (unpaired) electrons. The summed E-state index contributed by atoms with van der Waals surface area (Å²) in [5.41, 5.74) is -2.46. The van der Waals surface area contributed by atoms with E-state index in [1.165, 1.54) is 0 Å². The van der Waals surface area contributed by atoms with Crippen LogP contribution in [0.2, 0.25) is 0 Å². The smallest absolute Gasteiger partial charge is 0.380 e. The van der Waals surface area contributed by atoms with Crippen molar-refractivity contribution in [1.29, 1.82) is 0 Å². The minimum Gasteiger partial charge on any atom is -0.380 e. The van der Waals surface area contributed by atoms with Gasteiger partial charge in [0.05, 0.1) is 0 Å². The molecular formula is C10H18F3NO. The molecule has 0 aromatic heterocycles. The van der Waals surface area contributed by atoms with E-state index in [4.69, 9.17) is 0 Å². The second-order valence-electron chi connectivity index (χ2n) is 4.72. The van der Waals surface area contributed by atoms with E-state index < -0.39 is 11.8 Å². The molecule has 2 nitrogen and oxygen atoms in total. The van der Waals surface area contributed by atoms with Crippen LogP contribution >= 0.6 is 0 Å². The first-order valence-corrected chi connectivity index (χ1v) is 5.26. The van der Waals surface area contributed by atoms with Gasteiger partial charge in [0.15, 0.2) is 5.60 Å². The first-order chi connectivity index (χ1) is 6.74. The zero-order valence-electron chi connectivity index (χ0n) is 9.14. The van der Waals surface area contributed by atoms with Crippen molar-refractivity contribution in [1.82, 2.24) is 4.90 Å². The quantitative estimate of drug-likeness (QED) is 0.777. The summed E-state index contributed by atoms with van der Waals surface area (Å²) >= 11 is 0. The molecule has 5 heteroatoms. The molecule has 0 amide bonds. The molecule has 1 aliphatic heterocycles. The number of halogens is 3. The van der Waals surface area contributed by atoms with Crippen molar-refractivity contribution < 1.29 is 18.3 Å². The molecule has 0 aliphatic carbocycles. The van der Waals surface area contributed by atoms with E-state index in [9.17, 15) is 18.3 Å². The summed E-state index contributed by atoms with van der Waals surface area (Å²) in [6.45, 7) is 5.52. The highest BCUT2D eigenvalue weighted by molar-refractivity contribution is 4.91. The molecule has 1 N–H and O–H groups in total. The van der Waals surface area contributed by atoms with E-state index >= 15 is 0 Å². The molecule has 1 rings (SSSR count). The monoisotopic (exact) mass is 225 g/mol. The first-order valence-electron chi connectivity index (χ1n) is 5.26. The third-order valence-electron chi connectivity index (χ3n) is 2.83. The number of hydrogen-bond acceptors (Lipinski definition) is 2. The van der Waals surface area contributed by atoms with Gasteiger partial charge >= 0.3 is 6.18 Å². The van der Waals surface area contributed by atoms with Gasteiger partial charge in [0.1, 0.15) is 0 Å². The summed E-state index contributed by atoms with van der Waals surface area (Å²) in [6, 6.07) is 0. The fourth-order valence-electron chi connectivity index (χ4n) is 1.91. The van der Waals surface area contributed by atoms with Crippen LogP contribution in [0.1, 0.15) is 26.7 Å². The van der Waals surface area contributed by atoms with E-state index in [-0.39, 0.29) is 12.8 Å². The lowest BCUT2D eigenvalue weighted by Gasteiger charge is -2.39. The maximum absolute atomic E-state index is 12.4. The number of hydrogen-bond donors (Lipinski definition) is 1. The summed E-state index contributed by atoms with van der Waals surface area (Å²) in [5, 5.41) is 9.41. The van der Waals surface area contributed by atoms with Crippen molar-refractivity contribution in [2.75, 3.05) is 19.6 Å². The largest absolute Gasteiger partial charge is 0.417 e. The van der Waals surface area contributed by atoms with Gasteiger partial charge in [0.25, 0.3) is 0 Å². The van der Waals surface area contributed by atoms with E-state index in [2.05, 4.69) is 0 Å². The van der Waals surface area contributed by atoms with Gasteiger partial charge in [-0.2, -0.15) is 13.2 Å². The summed E-state index contributed by atoms with van der Waals surface area (Å²) in [6.07, 6.45) is -4.90. The number of rotatable bonds is 2. The van der Waals surface area contributed by atoms with E-state index in [0.29, 0.717) is 19.0 Å². The van der Waals surface area contributed by atoms with Crippen LogP contribution in [0.25, 0.3) is 0 Å². The molecular weight excluding hydrogens is 207 g/mol. The molecule has 0 aromatic carbocycles. The van der Waals surface area contributed by atoms with Crippen LogP contribution in [0.3, 0.4) is 0 Å². The molecule has 0 saturated carbocycles. The molecule has 1 saturated heterocycles. The maximum atomic E-state index is 12.4. The van der Waals surface area contributed by atoms with Crippen LogP contribution in [0.5, 0.6) is 0 Å². The lowest BCUT2D eigenvalue weighted by atomic mass is 9.90. The highest BCUT2D eigenvalue weighted by Crippen LogP contribution is 2.38. The average Bonchev–Trinajstić information content (AvgIpc) is 2.06. The second kappa shape index (κ2) is 4.29. The van der Waals surface area contributed by atoms with Gasteiger partial charge in [-0.3, -0.25) is 0 Å². The number of piperidine rings is 1. The van der Waals surface area contributed by atoms with Gasteiger partial charge in [0.2, 0.25) is 0 Å². The molecule has 0 unspecified atom stereocenters. The highest BCUT2D eigenvalue weighted by atomic mass is 19.4. The van der Waals surface area contributed by atoms with Gasteiger partial charge in [-0.05, 0) is 18.8 Å². The zero-order valence-corrected chi connectivity index (χ0v) is 9.14. The summed E-state index contributed by atoms with van der Waals surface area (Å²) in [4.78, 5) is 1.98. The lowest BCUT2D eigenvalue weighted by molar-refractivity contribution is -0.272. The Morgan fingerprint density at radius 3 is 2.07 bits per heavy atom. The topological polar surface area (TPSA) is 23.5 Å². The molecule has 1 aliphatic rings. The van der Waals surface area contributed by atoms with Crippen molar-refractivity contribution in [3.05, 3.63) is 0 Å². The highest BCUT2D eigenvalue weighted by Gasteiger charge is 2.54.